The van der Waals surface area contributed by atoms with Gasteiger partial charge in [-0.25, -0.2) is 4.98 Å². The Hall–Kier alpha value is -2.67. The third-order valence-corrected chi connectivity index (χ3v) is 4.95. The predicted octanol–water partition coefficient (Wildman–Crippen LogP) is 3.24. The number of rotatable bonds is 4. The minimum atomic E-state index is -0.285. The van der Waals surface area contributed by atoms with Crippen LogP contribution in [0.25, 0.3) is 0 Å². The smallest absolute Gasteiger partial charge is 0.257 e. The van der Waals surface area contributed by atoms with E-state index < -0.39 is 0 Å². The van der Waals surface area contributed by atoms with Gasteiger partial charge in [0, 0.05) is 23.4 Å². The molecular formula is C18H19N3O3S. The van der Waals surface area contributed by atoms with E-state index >= 15 is 0 Å². The van der Waals surface area contributed by atoms with Gasteiger partial charge in [-0.3, -0.25) is 10.1 Å². The van der Waals surface area contributed by atoms with Gasteiger partial charge in [-0.1, -0.05) is 12.5 Å². The third-order valence-electron chi connectivity index (χ3n) is 4.17. The molecule has 2 heterocycles. The third kappa shape index (κ3) is 3.71. The molecule has 7 heteroatoms. The highest BCUT2D eigenvalue weighted by Crippen LogP contribution is 2.38. The van der Waals surface area contributed by atoms with E-state index in [-0.39, 0.29) is 17.7 Å². The van der Waals surface area contributed by atoms with Gasteiger partial charge in [0.25, 0.3) is 5.91 Å². The van der Waals surface area contributed by atoms with Crippen LogP contribution in [0.1, 0.15) is 35.8 Å². The molecule has 130 valence electrons. The normalized spacial score (nSPS) is 19.8. The van der Waals surface area contributed by atoms with Crippen molar-refractivity contribution in [3.8, 4) is 0 Å². The summed E-state index contributed by atoms with van der Waals surface area (Å²) in [5, 5.41) is 16.3. The molecule has 0 bridgehead atoms. The standard InChI is InChI=1S/C18H19N3O3S/c1-11-8-14(24-3)9-12(2)16(11)15-10-25-18(19-15)20-17(22)13-4-6-21(23)7-5-13/h4-11,16H,1-3H3,(H,19,20,22). The molecule has 0 fully saturated rings. The Bertz CT molecular complexity index is 840. The van der Waals surface area contributed by atoms with Gasteiger partial charge in [-0.2, -0.15) is 4.73 Å². The van der Waals surface area contributed by atoms with Gasteiger partial charge in [-0.15, -0.1) is 11.3 Å². The SMILES string of the molecule is COC1=CC(C)C(c2csc(NC(=O)c3cc[n+]([O-])cc3)n2)C(C)=C1. The zero-order valence-corrected chi connectivity index (χ0v) is 15.0. The number of hydrogen-bond acceptors (Lipinski definition) is 5. The van der Waals surface area contributed by atoms with Crippen molar-refractivity contribution in [2.75, 3.05) is 12.4 Å². The van der Waals surface area contributed by atoms with E-state index in [0.29, 0.717) is 15.4 Å². The summed E-state index contributed by atoms with van der Waals surface area (Å²) >= 11 is 1.39. The number of nitrogens with one attached hydrogen (secondary N) is 1. The monoisotopic (exact) mass is 357 g/mol. The van der Waals surface area contributed by atoms with E-state index in [2.05, 4.69) is 30.2 Å². The predicted molar refractivity (Wildman–Crippen MR) is 96.2 cm³/mol. The van der Waals surface area contributed by atoms with Crippen LogP contribution in [0, 0.1) is 11.1 Å². The van der Waals surface area contributed by atoms with E-state index in [1.165, 1.54) is 41.4 Å². The summed E-state index contributed by atoms with van der Waals surface area (Å²) in [7, 11) is 1.66. The summed E-state index contributed by atoms with van der Waals surface area (Å²) < 4.78 is 5.96. The average molecular weight is 357 g/mol. The molecular weight excluding hydrogens is 338 g/mol. The number of methoxy groups -OCH3 is 1. The summed E-state index contributed by atoms with van der Waals surface area (Å²) in [6, 6.07) is 2.95. The Balaban J connectivity index is 1.75. The first-order valence-corrected chi connectivity index (χ1v) is 8.75. The second kappa shape index (κ2) is 7.06. The lowest BCUT2D eigenvalue weighted by Gasteiger charge is -2.25. The van der Waals surface area contributed by atoms with Crippen LogP contribution in [0.4, 0.5) is 5.13 Å². The van der Waals surface area contributed by atoms with E-state index in [1.54, 1.807) is 7.11 Å². The molecule has 0 spiro atoms. The van der Waals surface area contributed by atoms with Crippen LogP contribution in [0.2, 0.25) is 0 Å². The van der Waals surface area contributed by atoms with Crippen molar-refractivity contribution in [2.45, 2.75) is 19.8 Å². The first kappa shape index (κ1) is 17.2. The average Bonchev–Trinajstić information content (AvgIpc) is 3.02. The van der Waals surface area contributed by atoms with E-state index in [9.17, 15) is 10.0 Å². The molecule has 1 aliphatic carbocycles. The summed E-state index contributed by atoms with van der Waals surface area (Å²) in [6.07, 6.45) is 6.68. The summed E-state index contributed by atoms with van der Waals surface area (Å²) in [4.78, 5) is 16.8. The van der Waals surface area contributed by atoms with Crippen molar-refractivity contribution in [2.24, 2.45) is 5.92 Å². The van der Waals surface area contributed by atoms with Crippen molar-refractivity contribution in [3.05, 3.63) is 69.9 Å². The first-order chi connectivity index (χ1) is 12.0. The van der Waals surface area contributed by atoms with Crippen LogP contribution >= 0.6 is 11.3 Å². The number of allylic oxidation sites excluding steroid dienone is 3. The molecule has 2 unspecified atom stereocenters. The lowest BCUT2D eigenvalue weighted by Crippen LogP contribution is -2.25. The number of pyridine rings is 1. The number of hydrogen-bond donors (Lipinski definition) is 1. The molecule has 0 saturated heterocycles. The number of aromatic nitrogens is 2. The topological polar surface area (TPSA) is 78.2 Å². The Labute approximate surface area is 150 Å². The number of ether oxygens (including phenoxy) is 1. The highest BCUT2D eigenvalue weighted by Gasteiger charge is 2.26. The van der Waals surface area contributed by atoms with Gasteiger partial charge in [0.2, 0.25) is 0 Å². The van der Waals surface area contributed by atoms with E-state index in [1.807, 2.05) is 11.5 Å². The van der Waals surface area contributed by atoms with Gasteiger partial charge >= 0.3 is 0 Å². The van der Waals surface area contributed by atoms with Crippen molar-refractivity contribution in [3.63, 3.8) is 0 Å². The van der Waals surface area contributed by atoms with Gasteiger partial charge in [0.1, 0.15) is 5.76 Å². The van der Waals surface area contributed by atoms with Crippen molar-refractivity contribution < 1.29 is 14.3 Å². The minimum Gasteiger partial charge on any atom is -0.619 e. The molecule has 2 aromatic heterocycles. The number of carbonyl (C=O) groups is 1. The number of amides is 1. The molecule has 6 nitrogen and oxygen atoms in total. The molecule has 0 radical (unpaired) electrons. The van der Waals surface area contributed by atoms with Crippen molar-refractivity contribution in [1.82, 2.24) is 4.98 Å². The fraction of sp³-hybridized carbons (Fsp3) is 0.278. The molecule has 2 atom stereocenters. The zero-order chi connectivity index (χ0) is 18.0. The molecule has 0 aromatic carbocycles. The van der Waals surface area contributed by atoms with Crippen LogP contribution in [0.15, 0.2) is 53.4 Å². The number of nitrogens with zero attached hydrogens (tertiary/aromatic N) is 2. The van der Waals surface area contributed by atoms with Gasteiger partial charge in [0.15, 0.2) is 17.5 Å². The molecule has 3 rings (SSSR count). The molecule has 0 aliphatic heterocycles. The number of thiazole rings is 1. The van der Waals surface area contributed by atoms with Crippen molar-refractivity contribution in [1.29, 1.82) is 0 Å². The Morgan fingerprint density at radius 3 is 2.76 bits per heavy atom. The maximum absolute atomic E-state index is 12.2. The molecule has 2 aromatic rings. The maximum Gasteiger partial charge on any atom is 0.257 e. The number of carbonyl (C=O) groups excluding carboxylic acids is 1. The van der Waals surface area contributed by atoms with Crippen LogP contribution in [-0.2, 0) is 4.74 Å². The van der Waals surface area contributed by atoms with Gasteiger partial charge in [-0.05, 0) is 25.0 Å². The first-order valence-electron chi connectivity index (χ1n) is 7.87. The molecule has 1 aliphatic rings. The van der Waals surface area contributed by atoms with E-state index in [0.717, 1.165) is 11.5 Å². The largest absolute Gasteiger partial charge is 0.619 e. The van der Waals surface area contributed by atoms with E-state index in [4.69, 9.17) is 4.74 Å². The second-order valence-corrected chi connectivity index (χ2v) is 6.83. The highest BCUT2D eigenvalue weighted by molar-refractivity contribution is 7.14. The molecule has 1 amide bonds. The second-order valence-electron chi connectivity index (χ2n) is 5.98. The van der Waals surface area contributed by atoms with Crippen molar-refractivity contribution >= 4 is 22.4 Å². The Kier molecular flexibility index (Phi) is 4.85. The zero-order valence-electron chi connectivity index (χ0n) is 14.2. The lowest BCUT2D eigenvalue weighted by atomic mass is 9.81. The molecule has 1 N–H and O–H groups in total. The summed E-state index contributed by atoms with van der Waals surface area (Å²) in [5.41, 5.74) is 2.52. The highest BCUT2D eigenvalue weighted by atomic mass is 32.1. The van der Waals surface area contributed by atoms with Gasteiger partial charge in [0.05, 0.1) is 18.4 Å². The maximum atomic E-state index is 12.2. The Morgan fingerprint density at radius 1 is 1.40 bits per heavy atom. The molecule has 0 saturated carbocycles. The molecule has 25 heavy (non-hydrogen) atoms. The van der Waals surface area contributed by atoms with Crippen LogP contribution < -0.4 is 10.0 Å². The lowest BCUT2D eigenvalue weighted by molar-refractivity contribution is -0.605. The van der Waals surface area contributed by atoms with Crippen LogP contribution in [0.5, 0.6) is 0 Å². The fourth-order valence-electron chi connectivity index (χ4n) is 2.98. The Morgan fingerprint density at radius 2 is 2.12 bits per heavy atom. The number of anilines is 1. The summed E-state index contributed by atoms with van der Waals surface area (Å²) in [5.74, 6) is 1.00. The summed E-state index contributed by atoms with van der Waals surface area (Å²) in [6.45, 7) is 4.19. The minimum absolute atomic E-state index is 0.164. The van der Waals surface area contributed by atoms with Gasteiger partial charge < -0.3 is 9.94 Å². The van der Waals surface area contributed by atoms with Crippen LogP contribution in [0.3, 0.4) is 0 Å². The van der Waals surface area contributed by atoms with Crippen LogP contribution in [-0.4, -0.2) is 18.0 Å². The fourth-order valence-corrected chi connectivity index (χ4v) is 3.72. The quantitative estimate of drug-likeness (QED) is 0.673.